The van der Waals surface area contributed by atoms with Gasteiger partial charge >= 0.3 is 5.97 Å². The van der Waals surface area contributed by atoms with E-state index in [4.69, 9.17) is 4.74 Å². The summed E-state index contributed by atoms with van der Waals surface area (Å²) in [7, 11) is 1.49. The minimum atomic E-state index is -0.101. The molecule has 0 unspecified atom stereocenters. The second-order valence-electron chi connectivity index (χ2n) is 7.24. The van der Waals surface area contributed by atoms with Gasteiger partial charge in [0.25, 0.3) is 0 Å². The van der Waals surface area contributed by atoms with Crippen molar-refractivity contribution in [3.05, 3.63) is 71.3 Å². The summed E-state index contributed by atoms with van der Waals surface area (Å²) in [5, 5.41) is 0. The number of benzene rings is 2. The van der Waals surface area contributed by atoms with E-state index < -0.39 is 0 Å². The van der Waals surface area contributed by atoms with Crippen LogP contribution in [0.2, 0.25) is 0 Å². The molecule has 2 aromatic carbocycles. The van der Waals surface area contributed by atoms with E-state index in [0.29, 0.717) is 5.92 Å². The molecular formula is C22H27NO2. The summed E-state index contributed by atoms with van der Waals surface area (Å²) in [5.41, 5.74) is 3.85. The number of esters is 1. The van der Waals surface area contributed by atoms with E-state index >= 15 is 0 Å². The van der Waals surface area contributed by atoms with Crippen LogP contribution in [0.3, 0.4) is 0 Å². The number of methoxy groups -OCH3 is 1. The van der Waals surface area contributed by atoms with Gasteiger partial charge in [-0.1, -0.05) is 68.4 Å². The van der Waals surface area contributed by atoms with Gasteiger partial charge in [-0.15, -0.1) is 0 Å². The van der Waals surface area contributed by atoms with Crippen LogP contribution in [0.5, 0.6) is 0 Å². The fraction of sp³-hybridized carbons (Fsp3) is 0.409. The smallest absolute Gasteiger partial charge is 0.310 e. The van der Waals surface area contributed by atoms with Gasteiger partial charge in [0, 0.05) is 25.6 Å². The molecule has 0 amide bonds. The predicted octanol–water partition coefficient (Wildman–Crippen LogP) is 4.20. The molecular weight excluding hydrogens is 310 g/mol. The highest BCUT2D eigenvalue weighted by Gasteiger charge is 2.39. The molecule has 0 spiro atoms. The number of hydrogen-bond donors (Lipinski definition) is 0. The highest BCUT2D eigenvalue weighted by molar-refractivity contribution is 5.74. The third-order valence-corrected chi connectivity index (χ3v) is 5.15. The number of carbonyl (C=O) groups is 1. The minimum absolute atomic E-state index is 0.101. The van der Waals surface area contributed by atoms with Crippen LogP contribution in [0.15, 0.2) is 54.6 Å². The maximum atomic E-state index is 12.4. The van der Waals surface area contributed by atoms with Crippen LogP contribution >= 0.6 is 0 Å². The van der Waals surface area contributed by atoms with Crippen LogP contribution in [0.4, 0.5) is 0 Å². The zero-order valence-corrected chi connectivity index (χ0v) is 15.3. The molecule has 2 aromatic rings. The zero-order valence-electron chi connectivity index (χ0n) is 15.3. The molecule has 3 rings (SSSR count). The van der Waals surface area contributed by atoms with E-state index in [1.807, 2.05) is 6.07 Å². The maximum Gasteiger partial charge on any atom is 0.310 e. The van der Waals surface area contributed by atoms with Gasteiger partial charge in [0.15, 0.2) is 0 Å². The average molecular weight is 337 g/mol. The van der Waals surface area contributed by atoms with Gasteiger partial charge < -0.3 is 4.74 Å². The molecule has 1 heterocycles. The number of ether oxygens (including phenoxy) is 1. The first kappa shape index (κ1) is 17.7. The molecule has 1 fully saturated rings. The summed E-state index contributed by atoms with van der Waals surface area (Å²) in [6.45, 7) is 6.91. The van der Waals surface area contributed by atoms with Gasteiger partial charge in [-0.25, -0.2) is 0 Å². The average Bonchev–Trinajstić information content (AvgIpc) is 3.06. The highest BCUT2D eigenvalue weighted by Crippen LogP contribution is 2.35. The number of hydrogen-bond acceptors (Lipinski definition) is 3. The molecule has 2 atom stereocenters. The monoisotopic (exact) mass is 337 g/mol. The molecule has 0 aromatic heterocycles. The lowest BCUT2D eigenvalue weighted by atomic mass is 9.87. The van der Waals surface area contributed by atoms with Gasteiger partial charge in [0.05, 0.1) is 13.0 Å². The van der Waals surface area contributed by atoms with Crippen LogP contribution in [-0.2, 0) is 16.1 Å². The minimum Gasteiger partial charge on any atom is -0.469 e. The fourth-order valence-corrected chi connectivity index (χ4v) is 3.73. The molecule has 1 saturated heterocycles. The lowest BCUT2D eigenvalue weighted by Gasteiger charge is -2.18. The third kappa shape index (κ3) is 4.10. The molecule has 1 aliphatic heterocycles. The number of nitrogens with zero attached hydrogens (tertiary/aromatic N) is 1. The van der Waals surface area contributed by atoms with Crippen LogP contribution in [0, 0.1) is 5.92 Å². The van der Waals surface area contributed by atoms with Crippen molar-refractivity contribution in [2.24, 2.45) is 5.92 Å². The summed E-state index contributed by atoms with van der Waals surface area (Å²) in [4.78, 5) is 14.7. The van der Waals surface area contributed by atoms with Crippen molar-refractivity contribution in [2.75, 3.05) is 20.2 Å². The Morgan fingerprint density at radius 3 is 2.56 bits per heavy atom. The Morgan fingerprint density at radius 1 is 1.12 bits per heavy atom. The molecule has 1 aliphatic rings. The normalized spacial score (nSPS) is 20.8. The lowest BCUT2D eigenvalue weighted by Crippen LogP contribution is -2.24. The first-order chi connectivity index (χ1) is 12.1. The van der Waals surface area contributed by atoms with Crippen LogP contribution in [-0.4, -0.2) is 31.1 Å². The second-order valence-corrected chi connectivity index (χ2v) is 7.24. The molecule has 25 heavy (non-hydrogen) atoms. The van der Waals surface area contributed by atoms with Crippen LogP contribution in [0.25, 0.3) is 0 Å². The van der Waals surface area contributed by atoms with Crippen molar-refractivity contribution in [3.63, 3.8) is 0 Å². The first-order valence-corrected chi connectivity index (χ1v) is 9.02. The second kappa shape index (κ2) is 7.83. The van der Waals surface area contributed by atoms with Crippen molar-refractivity contribution >= 4 is 5.97 Å². The van der Waals surface area contributed by atoms with Crippen molar-refractivity contribution in [1.82, 2.24) is 4.90 Å². The Labute approximate surface area is 150 Å². The van der Waals surface area contributed by atoms with Crippen LogP contribution in [0.1, 0.15) is 42.4 Å². The van der Waals surface area contributed by atoms with Crippen molar-refractivity contribution in [1.29, 1.82) is 0 Å². The topological polar surface area (TPSA) is 29.5 Å². The summed E-state index contributed by atoms with van der Waals surface area (Å²) in [6.07, 6.45) is 0. The summed E-state index contributed by atoms with van der Waals surface area (Å²) in [6, 6.07) is 19.1. The molecule has 0 radical (unpaired) electrons. The first-order valence-electron chi connectivity index (χ1n) is 9.02. The molecule has 0 N–H and O–H groups in total. The summed E-state index contributed by atoms with van der Waals surface area (Å²) < 4.78 is 5.10. The molecule has 0 aliphatic carbocycles. The maximum absolute atomic E-state index is 12.4. The quantitative estimate of drug-likeness (QED) is 0.766. The van der Waals surface area contributed by atoms with Gasteiger partial charge in [-0.3, -0.25) is 9.69 Å². The highest BCUT2D eigenvalue weighted by atomic mass is 16.5. The summed E-state index contributed by atoms with van der Waals surface area (Å²) >= 11 is 0. The largest absolute Gasteiger partial charge is 0.469 e. The van der Waals surface area contributed by atoms with Gasteiger partial charge in [-0.2, -0.15) is 0 Å². The molecule has 0 saturated carbocycles. The lowest BCUT2D eigenvalue weighted by molar-refractivity contribution is -0.145. The van der Waals surface area contributed by atoms with E-state index in [2.05, 4.69) is 67.3 Å². The van der Waals surface area contributed by atoms with Gasteiger partial charge in [0.2, 0.25) is 0 Å². The van der Waals surface area contributed by atoms with E-state index in [0.717, 1.165) is 19.6 Å². The zero-order chi connectivity index (χ0) is 17.8. The van der Waals surface area contributed by atoms with Crippen molar-refractivity contribution in [2.45, 2.75) is 32.2 Å². The molecule has 0 bridgehead atoms. The third-order valence-electron chi connectivity index (χ3n) is 5.15. The van der Waals surface area contributed by atoms with E-state index in [1.54, 1.807) is 0 Å². The standard InChI is InChI=1S/C22H27NO2/c1-16(2)18-10-7-11-19(12-18)20-14-23(15-21(20)22(24)25-3)13-17-8-5-4-6-9-17/h4-12,16,20-21H,13-15H2,1-3H3/t20-,21-/m0/s1. The Balaban J connectivity index is 1.83. The number of carbonyl (C=O) groups excluding carboxylic acids is 1. The van der Waals surface area contributed by atoms with Crippen LogP contribution < -0.4 is 0 Å². The predicted molar refractivity (Wildman–Crippen MR) is 100 cm³/mol. The number of rotatable bonds is 5. The Morgan fingerprint density at radius 2 is 1.88 bits per heavy atom. The Kier molecular flexibility index (Phi) is 5.54. The SMILES string of the molecule is COC(=O)[C@H]1CN(Cc2ccccc2)C[C@H]1c1cccc(C(C)C)c1. The molecule has 3 heteroatoms. The van der Waals surface area contributed by atoms with Gasteiger partial charge in [-0.05, 0) is 22.6 Å². The van der Waals surface area contributed by atoms with Crippen molar-refractivity contribution in [3.8, 4) is 0 Å². The number of likely N-dealkylation sites (tertiary alicyclic amines) is 1. The van der Waals surface area contributed by atoms with E-state index in [-0.39, 0.29) is 17.8 Å². The molecule has 3 nitrogen and oxygen atoms in total. The molecule has 132 valence electrons. The van der Waals surface area contributed by atoms with E-state index in [1.165, 1.54) is 23.8 Å². The van der Waals surface area contributed by atoms with Gasteiger partial charge in [0.1, 0.15) is 0 Å². The Bertz CT molecular complexity index is 711. The van der Waals surface area contributed by atoms with E-state index in [9.17, 15) is 4.79 Å². The Hall–Kier alpha value is -2.13. The summed E-state index contributed by atoms with van der Waals surface area (Å²) in [5.74, 6) is 0.472. The fourth-order valence-electron chi connectivity index (χ4n) is 3.73. The van der Waals surface area contributed by atoms with Crippen molar-refractivity contribution < 1.29 is 9.53 Å².